The highest BCUT2D eigenvalue weighted by Crippen LogP contribution is 2.28. The molecule has 0 saturated heterocycles. The Labute approximate surface area is 203 Å². The van der Waals surface area contributed by atoms with Crippen LogP contribution >= 0.6 is 0 Å². The number of hydrogen-bond acceptors (Lipinski definition) is 6. The molecule has 0 bridgehead atoms. The monoisotopic (exact) mass is 464 g/mol. The lowest BCUT2D eigenvalue weighted by atomic mass is 10.1. The number of methoxy groups -OCH3 is 4. The van der Waals surface area contributed by atoms with Crippen molar-refractivity contribution in [3.05, 3.63) is 82.9 Å². The molecule has 0 aromatic heterocycles. The Morgan fingerprint density at radius 2 is 0.941 bits per heavy atom. The summed E-state index contributed by atoms with van der Waals surface area (Å²) in [5.41, 5.74) is 5.01. The van der Waals surface area contributed by atoms with Gasteiger partial charge in [0.25, 0.3) is 0 Å². The smallest absolute Gasteiger partial charge is 0.160 e. The van der Waals surface area contributed by atoms with Gasteiger partial charge in [-0.15, -0.1) is 0 Å². The second-order valence-electron chi connectivity index (χ2n) is 8.05. The topological polar surface area (TPSA) is 61.0 Å². The number of nitrogens with one attached hydrogen (secondary N) is 2. The Balaban J connectivity index is 1.40. The van der Waals surface area contributed by atoms with Gasteiger partial charge < -0.3 is 29.6 Å². The first-order valence-corrected chi connectivity index (χ1v) is 11.6. The molecule has 0 aliphatic carbocycles. The summed E-state index contributed by atoms with van der Waals surface area (Å²) < 4.78 is 21.4. The van der Waals surface area contributed by atoms with E-state index in [1.807, 2.05) is 24.3 Å². The largest absolute Gasteiger partial charge is 0.493 e. The van der Waals surface area contributed by atoms with Gasteiger partial charge in [-0.25, -0.2) is 0 Å². The molecule has 3 aromatic carbocycles. The SMILES string of the molecule is COc1ccc(CCNCc2cccc(CNCCc3ccc(OC)c(OC)c3)c2)cc1OC. The molecule has 3 aromatic rings. The van der Waals surface area contributed by atoms with Crippen molar-refractivity contribution in [3.8, 4) is 23.0 Å². The van der Waals surface area contributed by atoms with Crippen molar-refractivity contribution in [3.63, 3.8) is 0 Å². The number of ether oxygens (including phenoxy) is 4. The van der Waals surface area contributed by atoms with Crippen LogP contribution < -0.4 is 29.6 Å². The second kappa shape index (κ2) is 13.5. The zero-order valence-electron chi connectivity index (χ0n) is 20.6. The van der Waals surface area contributed by atoms with Gasteiger partial charge in [0.1, 0.15) is 0 Å². The first-order chi connectivity index (χ1) is 16.7. The molecule has 182 valence electrons. The Morgan fingerprint density at radius 3 is 1.35 bits per heavy atom. The highest BCUT2D eigenvalue weighted by atomic mass is 16.5. The van der Waals surface area contributed by atoms with Crippen molar-refractivity contribution in [2.75, 3.05) is 41.5 Å². The van der Waals surface area contributed by atoms with E-state index in [9.17, 15) is 0 Å². The minimum atomic E-state index is 0.758. The van der Waals surface area contributed by atoms with Crippen molar-refractivity contribution in [1.29, 1.82) is 0 Å². The van der Waals surface area contributed by atoms with E-state index in [0.717, 1.165) is 62.0 Å². The molecule has 0 amide bonds. The Hall–Kier alpha value is -3.22. The maximum absolute atomic E-state index is 5.39. The average molecular weight is 465 g/mol. The molecule has 0 aliphatic heterocycles. The fraction of sp³-hybridized carbons (Fsp3) is 0.357. The zero-order valence-corrected chi connectivity index (χ0v) is 20.6. The third-order valence-electron chi connectivity index (χ3n) is 5.73. The normalized spacial score (nSPS) is 10.7. The fourth-order valence-electron chi connectivity index (χ4n) is 3.85. The van der Waals surface area contributed by atoms with Crippen molar-refractivity contribution in [2.24, 2.45) is 0 Å². The van der Waals surface area contributed by atoms with Crippen LogP contribution in [0.25, 0.3) is 0 Å². The lowest BCUT2D eigenvalue weighted by Gasteiger charge is -2.11. The van der Waals surface area contributed by atoms with E-state index in [1.165, 1.54) is 22.3 Å². The predicted molar refractivity (Wildman–Crippen MR) is 136 cm³/mol. The van der Waals surface area contributed by atoms with Crippen molar-refractivity contribution >= 4 is 0 Å². The van der Waals surface area contributed by atoms with Gasteiger partial charge in [0.05, 0.1) is 28.4 Å². The molecule has 2 N–H and O–H groups in total. The summed E-state index contributed by atoms with van der Waals surface area (Å²) in [6.07, 6.45) is 1.86. The quantitative estimate of drug-likeness (QED) is 0.345. The summed E-state index contributed by atoms with van der Waals surface area (Å²) in [6.45, 7) is 3.46. The van der Waals surface area contributed by atoms with Gasteiger partial charge >= 0.3 is 0 Å². The van der Waals surface area contributed by atoms with Crippen molar-refractivity contribution < 1.29 is 18.9 Å². The maximum atomic E-state index is 5.39. The molecule has 0 unspecified atom stereocenters. The highest BCUT2D eigenvalue weighted by molar-refractivity contribution is 5.43. The van der Waals surface area contributed by atoms with Crippen LogP contribution in [0.1, 0.15) is 22.3 Å². The molecular formula is C28H36N2O4. The third kappa shape index (κ3) is 7.40. The average Bonchev–Trinajstić information content (AvgIpc) is 2.89. The van der Waals surface area contributed by atoms with Gasteiger partial charge in [0, 0.05) is 13.1 Å². The van der Waals surface area contributed by atoms with Crippen LogP contribution in [0, 0.1) is 0 Å². The first kappa shape index (κ1) is 25.4. The van der Waals surface area contributed by atoms with Crippen LogP contribution in [0.5, 0.6) is 23.0 Å². The lowest BCUT2D eigenvalue weighted by molar-refractivity contribution is 0.354. The Bertz CT molecular complexity index is 960. The van der Waals surface area contributed by atoms with E-state index in [0.29, 0.717) is 0 Å². The molecule has 0 heterocycles. The molecule has 6 heteroatoms. The van der Waals surface area contributed by atoms with E-state index in [1.54, 1.807) is 28.4 Å². The number of benzene rings is 3. The molecule has 0 fully saturated rings. The van der Waals surface area contributed by atoms with Crippen LogP contribution in [0.2, 0.25) is 0 Å². The summed E-state index contributed by atoms with van der Waals surface area (Å²) in [6, 6.07) is 20.8. The lowest BCUT2D eigenvalue weighted by Crippen LogP contribution is -2.18. The number of hydrogen-bond donors (Lipinski definition) is 2. The molecule has 0 spiro atoms. The van der Waals surface area contributed by atoms with E-state index >= 15 is 0 Å². The fourth-order valence-corrected chi connectivity index (χ4v) is 3.85. The van der Waals surface area contributed by atoms with Crippen LogP contribution in [0.3, 0.4) is 0 Å². The molecule has 34 heavy (non-hydrogen) atoms. The van der Waals surface area contributed by atoms with E-state index in [-0.39, 0.29) is 0 Å². The van der Waals surface area contributed by atoms with Crippen LogP contribution in [0.15, 0.2) is 60.7 Å². The predicted octanol–water partition coefficient (Wildman–Crippen LogP) is 4.39. The first-order valence-electron chi connectivity index (χ1n) is 11.6. The van der Waals surface area contributed by atoms with Gasteiger partial charge in [0.15, 0.2) is 23.0 Å². The Morgan fingerprint density at radius 1 is 0.500 bits per heavy atom. The van der Waals surface area contributed by atoms with Crippen molar-refractivity contribution in [1.82, 2.24) is 10.6 Å². The molecule has 0 saturated carbocycles. The number of rotatable bonds is 14. The molecule has 3 rings (SSSR count). The minimum Gasteiger partial charge on any atom is -0.493 e. The standard InChI is InChI=1S/C28H36N2O4/c1-31-25-10-8-21(17-27(25)33-3)12-14-29-19-23-6-5-7-24(16-23)20-30-15-13-22-9-11-26(32-2)28(18-22)34-4/h5-11,16-18,29-30H,12-15,19-20H2,1-4H3. The molecule has 6 nitrogen and oxygen atoms in total. The summed E-state index contributed by atoms with van der Waals surface area (Å²) >= 11 is 0. The summed E-state index contributed by atoms with van der Waals surface area (Å²) in [5.74, 6) is 3.05. The van der Waals surface area contributed by atoms with Gasteiger partial charge in [-0.2, -0.15) is 0 Å². The van der Waals surface area contributed by atoms with Crippen molar-refractivity contribution in [2.45, 2.75) is 25.9 Å². The van der Waals surface area contributed by atoms with Crippen LogP contribution in [0.4, 0.5) is 0 Å². The summed E-state index contributed by atoms with van der Waals surface area (Å²) in [4.78, 5) is 0. The van der Waals surface area contributed by atoms with Gasteiger partial charge in [-0.05, 0) is 72.5 Å². The molecule has 0 atom stereocenters. The Kier molecular flexibility index (Phi) is 10.1. The molecule has 0 aliphatic rings. The second-order valence-corrected chi connectivity index (χ2v) is 8.05. The highest BCUT2D eigenvalue weighted by Gasteiger charge is 2.06. The van der Waals surface area contributed by atoms with Crippen LogP contribution in [-0.2, 0) is 25.9 Å². The van der Waals surface area contributed by atoms with Gasteiger partial charge in [-0.3, -0.25) is 0 Å². The molecule has 0 radical (unpaired) electrons. The zero-order chi connectivity index (χ0) is 24.2. The van der Waals surface area contributed by atoms with Gasteiger partial charge in [0.2, 0.25) is 0 Å². The summed E-state index contributed by atoms with van der Waals surface area (Å²) in [5, 5.41) is 7.08. The molecular weight excluding hydrogens is 428 g/mol. The van der Waals surface area contributed by atoms with E-state index in [4.69, 9.17) is 18.9 Å². The van der Waals surface area contributed by atoms with Gasteiger partial charge in [-0.1, -0.05) is 36.4 Å². The van der Waals surface area contributed by atoms with Crippen LogP contribution in [-0.4, -0.2) is 41.5 Å². The van der Waals surface area contributed by atoms with E-state index < -0.39 is 0 Å². The van der Waals surface area contributed by atoms with E-state index in [2.05, 4.69) is 47.0 Å². The summed E-state index contributed by atoms with van der Waals surface area (Å²) in [7, 11) is 6.64. The third-order valence-corrected chi connectivity index (χ3v) is 5.73. The minimum absolute atomic E-state index is 0.758. The maximum Gasteiger partial charge on any atom is 0.160 e.